The summed E-state index contributed by atoms with van der Waals surface area (Å²) in [5, 5.41) is 0. The topological polar surface area (TPSA) is 70.5 Å². The predicted molar refractivity (Wildman–Crippen MR) is 162 cm³/mol. The molecule has 0 bridgehead atoms. The Morgan fingerprint density at radius 2 is 1.55 bits per heavy atom. The van der Waals surface area contributed by atoms with E-state index in [1.165, 1.54) is 63.1 Å². The third kappa shape index (κ3) is 10.5. The number of nitrogens with zero attached hydrogens (tertiary/aromatic N) is 3. The molecule has 1 aliphatic heterocycles. The Labute approximate surface area is 245 Å². The average molecular weight is 573 g/mol. The molecule has 0 saturated carbocycles. The Balaban J connectivity index is 1.58. The van der Waals surface area contributed by atoms with Crippen LogP contribution in [0.2, 0.25) is 0 Å². The molecule has 0 spiro atoms. The first kappa shape index (κ1) is 32.1. The summed E-state index contributed by atoms with van der Waals surface area (Å²) in [4.78, 5) is 12.9. The summed E-state index contributed by atoms with van der Waals surface area (Å²) in [6.07, 6.45) is 16.2. The average Bonchev–Trinajstić information content (AvgIpc) is 3.44. The van der Waals surface area contributed by atoms with Gasteiger partial charge in [0.15, 0.2) is 0 Å². The van der Waals surface area contributed by atoms with E-state index in [0.29, 0.717) is 30.1 Å². The zero-order valence-electron chi connectivity index (χ0n) is 24.9. The molecule has 0 fully saturated rings. The van der Waals surface area contributed by atoms with Gasteiger partial charge in [0.25, 0.3) is 12.1 Å². The highest BCUT2D eigenvalue weighted by Crippen LogP contribution is 2.37. The van der Waals surface area contributed by atoms with Gasteiger partial charge < -0.3 is 14.2 Å². The van der Waals surface area contributed by atoms with Crippen molar-refractivity contribution in [1.29, 1.82) is 0 Å². The van der Waals surface area contributed by atoms with Crippen molar-refractivity contribution in [3.05, 3.63) is 47.7 Å². The van der Waals surface area contributed by atoms with Crippen LogP contribution in [0, 0.1) is 0 Å². The van der Waals surface area contributed by atoms with E-state index in [1.54, 1.807) is 0 Å². The molecule has 2 heterocycles. The second-order valence-corrected chi connectivity index (χ2v) is 11.7. The summed E-state index contributed by atoms with van der Waals surface area (Å²) in [6, 6.07) is 9.99. The zero-order chi connectivity index (χ0) is 28.5. The molecule has 0 radical (unpaired) electrons. The van der Waals surface area contributed by atoms with Crippen molar-refractivity contribution >= 4 is 23.5 Å². The SMILES string of the molecule is CCCCCCCCCCOC(=O)OC(c1ccccc1)[N+]1(C)CCC=C(c2nsnc2OCCCCCC)C1. The van der Waals surface area contributed by atoms with Crippen LogP contribution >= 0.6 is 11.7 Å². The smallest absolute Gasteiger partial charge is 0.475 e. The number of ether oxygens (including phenoxy) is 3. The highest BCUT2D eigenvalue weighted by molar-refractivity contribution is 6.99. The van der Waals surface area contributed by atoms with Gasteiger partial charge in [0.05, 0.1) is 44.1 Å². The van der Waals surface area contributed by atoms with Crippen molar-refractivity contribution in [2.45, 2.75) is 104 Å². The van der Waals surface area contributed by atoms with Gasteiger partial charge in [-0.15, -0.1) is 4.37 Å². The van der Waals surface area contributed by atoms with Crippen molar-refractivity contribution in [1.82, 2.24) is 8.75 Å². The molecule has 1 aliphatic rings. The van der Waals surface area contributed by atoms with Crippen LogP contribution in [0.4, 0.5) is 4.79 Å². The Morgan fingerprint density at radius 3 is 2.27 bits per heavy atom. The van der Waals surface area contributed by atoms with E-state index in [1.807, 2.05) is 30.3 Å². The van der Waals surface area contributed by atoms with Crippen LogP contribution in [-0.4, -0.2) is 52.7 Å². The lowest BCUT2D eigenvalue weighted by molar-refractivity contribution is -0.953. The molecule has 222 valence electrons. The summed E-state index contributed by atoms with van der Waals surface area (Å²) < 4.78 is 27.2. The first-order valence-electron chi connectivity index (χ1n) is 15.4. The zero-order valence-corrected chi connectivity index (χ0v) is 25.8. The highest BCUT2D eigenvalue weighted by atomic mass is 32.1. The van der Waals surface area contributed by atoms with Crippen LogP contribution in [0.3, 0.4) is 0 Å². The van der Waals surface area contributed by atoms with Crippen molar-refractivity contribution in [3.8, 4) is 5.88 Å². The monoisotopic (exact) mass is 572 g/mol. The molecule has 0 amide bonds. The van der Waals surface area contributed by atoms with Crippen molar-refractivity contribution in [2.24, 2.45) is 0 Å². The minimum atomic E-state index is -0.598. The van der Waals surface area contributed by atoms with Gasteiger partial charge in [-0.3, -0.25) is 4.48 Å². The van der Waals surface area contributed by atoms with E-state index >= 15 is 0 Å². The molecule has 1 aromatic carbocycles. The van der Waals surface area contributed by atoms with Crippen LogP contribution in [-0.2, 0) is 9.47 Å². The predicted octanol–water partition coefficient (Wildman–Crippen LogP) is 8.72. The fraction of sp³-hybridized carbons (Fsp3) is 0.656. The Hall–Kier alpha value is -2.45. The number of aromatic nitrogens is 2. The molecule has 40 heavy (non-hydrogen) atoms. The molecular weight excluding hydrogens is 522 g/mol. The van der Waals surface area contributed by atoms with Crippen LogP contribution in [0.1, 0.15) is 115 Å². The second kappa shape index (κ2) is 18.1. The fourth-order valence-corrected chi connectivity index (χ4v) is 5.83. The molecule has 7 nitrogen and oxygen atoms in total. The lowest BCUT2D eigenvalue weighted by Gasteiger charge is -2.42. The van der Waals surface area contributed by atoms with Crippen LogP contribution in [0.15, 0.2) is 36.4 Å². The Kier molecular flexibility index (Phi) is 14.5. The first-order valence-corrected chi connectivity index (χ1v) is 16.2. The van der Waals surface area contributed by atoms with Crippen LogP contribution in [0.5, 0.6) is 5.88 Å². The normalized spacial score (nSPS) is 17.7. The maximum Gasteiger partial charge on any atom is 0.513 e. The van der Waals surface area contributed by atoms with Crippen LogP contribution in [0.25, 0.3) is 5.57 Å². The number of unbranched alkanes of at least 4 members (excludes halogenated alkanes) is 10. The molecule has 0 saturated heterocycles. The number of benzene rings is 1. The van der Waals surface area contributed by atoms with Gasteiger partial charge in [-0.25, -0.2) is 4.79 Å². The van der Waals surface area contributed by atoms with Crippen molar-refractivity contribution in [3.63, 3.8) is 0 Å². The highest BCUT2D eigenvalue weighted by Gasteiger charge is 2.41. The van der Waals surface area contributed by atoms with Gasteiger partial charge in [-0.2, -0.15) is 4.37 Å². The minimum Gasteiger partial charge on any atom is -0.475 e. The number of carbonyl (C=O) groups is 1. The quantitative estimate of drug-likeness (QED) is 0.0952. The van der Waals surface area contributed by atoms with E-state index in [-0.39, 0.29) is 0 Å². The van der Waals surface area contributed by atoms with Gasteiger partial charge in [-0.05, 0) is 25.0 Å². The maximum atomic E-state index is 12.9. The number of hydrogen-bond donors (Lipinski definition) is 0. The van der Waals surface area contributed by atoms with Gasteiger partial charge in [0.1, 0.15) is 12.2 Å². The standard InChI is InChI=1S/C32H50N3O4S/c1-4-6-8-10-11-12-13-18-25-38-32(36)39-31(27-20-15-14-16-21-27)35(3)23-19-22-28(26-35)29-30(34-40-33-29)37-24-17-9-7-5-2/h14-16,20-22,31H,4-13,17-19,23-26H2,1-3H3/q+1. The third-order valence-electron chi connectivity index (χ3n) is 7.64. The Morgan fingerprint density at radius 1 is 0.900 bits per heavy atom. The lowest BCUT2D eigenvalue weighted by atomic mass is 10.0. The fourth-order valence-electron chi connectivity index (χ4n) is 5.30. The van der Waals surface area contributed by atoms with Gasteiger partial charge in [0.2, 0.25) is 0 Å². The second-order valence-electron chi connectivity index (χ2n) is 11.2. The molecule has 0 N–H and O–H groups in total. The van der Waals surface area contributed by atoms with Crippen molar-refractivity contribution < 1.29 is 23.5 Å². The first-order chi connectivity index (χ1) is 19.6. The largest absolute Gasteiger partial charge is 0.513 e. The Bertz CT molecular complexity index is 1010. The number of rotatable bonds is 19. The summed E-state index contributed by atoms with van der Waals surface area (Å²) in [5.41, 5.74) is 2.86. The number of likely N-dealkylation sites (N-methyl/N-ethyl adjacent to an activating group) is 1. The molecular formula is C32H50N3O4S+. The number of carbonyl (C=O) groups excluding carboxylic acids is 1. The van der Waals surface area contributed by atoms with Crippen molar-refractivity contribution in [2.75, 3.05) is 33.4 Å². The van der Waals surface area contributed by atoms with Gasteiger partial charge in [-0.1, -0.05) is 102 Å². The molecule has 8 heteroatoms. The number of hydrogen-bond acceptors (Lipinski definition) is 7. The molecule has 2 unspecified atom stereocenters. The van der Waals surface area contributed by atoms with E-state index in [2.05, 4.69) is 35.7 Å². The van der Waals surface area contributed by atoms with E-state index < -0.39 is 12.4 Å². The maximum absolute atomic E-state index is 12.9. The third-order valence-corrected chi connectivity index (χ3v) is 8.15. The molecule has 1 aromatic heterocycles. The minimum absolute atomic E-state index is 0.396. The van der Waals surface area contributed by atoms with E-state index in [9.17, 15) is 4.79 Å². The van der Waals surface area contributed by atoms with Gasteiger partial charge >= 0.3 is 6.16 Å². The molecule has 0 aliphatic carbocycles. The molecule has 2 atom stereocenters. The van der Waals surface area contributed by atoms with Crippen LogP contribution < -0.4 is 4.74 Å². The summed E-state index contributed by atoms with van der Waals surface area (Å²) in [6.45, 7) is 6.98. The van der Waals surface area contributed by atoms with Gasteiger partial charge in [0, 0.05) is 12.0 Å². The van der Waals surface area contributed by atoms with E-state index in [4.69, 9.17) is 14.2 Å². The van der Waals surface area contributed by atoms with E-state index in [0.717, 1.165) is 55.5 Å². The molecule has 2 aromatic rings. The summed E-state index contributed by atoms with van der Waals surface area (Å²) in [5.74, 6) is 0.614. The molecule has 3 rings (SSSR count). The lowest BCUT2D eigenvalue weighted by Crippen LogP contribution is -2.51. The summed E-state index contributed by atoms with van der Waals surface area (Å²) in [7, 11) is 2.14. The number of quaternary nitrogens is 1. The summed E-state index contributed by atoms with van der Waals surface area (Å²) >= 11 is 1.18.